The minimum atomic E-state index is 0.397. The van der Waals surface area contributed by atoms with Gasteiger partial charge in [0.2, 0.25) is 0 Å². The molecule has 1 aromatic rings. The Morgan fingerprint density at radius 3 is 2.76 bits per heavy atom. The lowest BCUT2D eigenvalue weighted by atomic mass is 9.95. The van der Waals surface area contributed by atoms with Crippen LogP contribution in [0.15, 0.2) is 0 Å². The number of fused-ring (bicyclic) bond motifs is 2. The first kappa shape index (κ1) is 11.6. The van der Waals surface area contributed by atoms with E-state index in [2.05, 4.69) is 31.1 Å². The molecule has 3 heterocycles. The minimum absolute atomic E-state index is 0.397. The highest BCUT2D eigenvalue weighted by atomic mass is 32.1. The summed E-state index contributed by atoms with van der Waals surface area (Å²) >= 11 is 1.81. The Morgan fingerprint density at radius 2 is 2.24 bits per heavy atom. The fourth-order valence-electron chi connectivity index (χ4n) is 3.16. The second-order valence-electron chi connectivity index (χ2n) is 5.29. The van der Waals surface area contributed by atoms with E-state index in [1.165, 1.54) is 29.8 Å². The highest BCUT2D eigenvalue weighted by Gasteiger charge is 2.41. The molecule has 94 valence electrons. The zero-order valence-electron chi connectivity index (χ0n) is 10.7. The van der Waals surface area contributed by atoms with Crippen molar-refractivity contribution >= 4 is 11.3 Å². The van der Waals surface area contributed by atoms with Gasteiger partial charge in [-0.25, -0.2) is 4.98 Å². The average molecular weight is 252 g/mol. The van der Waals surface area contributed by atoms with E-state index in [1.54, 1.807) is 0 Å². The molecule has 4 atom stereocenters. The third-order valence-electron chi connectivity index (χ3n) is 3.90. The van der Waals surface area contributed by atoms with Crippen molar-refractivity contribution in [3.63, 3.8) is 0 Å². The van der Waals surface area contributed by atoms with Crippen molar-refractivity contribution in [2.24, 2.45) is 0 Å². The van der Waals surface area contributed by atoms with Crippen molar-refractivity contribution in [1.82, 2.24) is 10.3 Å². The molecule has 2 aliphatic rings. The lowest BCUT2D eigenvalue weighted by Crippen LogP contribution is -2.38. The summed E-state index contributed by atoms with van der Waals surface area (Å²) in [4.78, 5) is 5.88. The number of ether oxygens (including phenoxy) is 1. The fraction of sp³-hybridized carbons (Fsp3) is 0.769. The van der Waals surface area contributed by atoms with Gasteiger partial charge in [0, 0.05) is 17.0 Å². The van der Waals surface area contributed by atoms with Crippen LogP contribution < -0.4 is 5.32 Å². The third-order valence-corrected chi connectivity index (χ3v) is 5.16. The van der Waals surface area contributed by atoms with Crippen molar-refractivity contribution in [2.75, 3.05) is 0 Å². The van der Waals surface area contributed by atoms with Crippen LogP contribution >= 0.6 is 11.3 Å². The normalized spacial score (nSPS) is 33.2. The summed E-state index contributed by atoms with van der Waals surface area (Å²) in [6, 6.07) is 0.944. The van der Waals surface area contributed by atoms with E-state index < -0.39 is 0 Å². The zero-order valence-corrected chi connectivity index (χ0v) is 11.5. The number of nitrogens with one attached hydrogen (secondary N) is 1. The van der Waals surface area contributed by atoms with E-state index in [-0.39, 0.29) is 0 Å². The molecule has 0 aliphatic carbocycles. The molecular weight excluding hydrogens is 232 g/mol. The van der Waals surface area contributed by atoms with Crippen LogP contribution in [0.3, 0.4) is 0 Å². The largest absolute Gasteiger partial charge is 0.373 e. The number of hydrogen-bond acceptors (Lipinski definition) is 4. The molecule has 0 amide bonds. The summed E-state index contributed by atoms with van der Waals surface area (Å²) in [7, 11) is 0. The average Bonchev–Trinajstić information content (AvgIpc) is 2.93. The van der Waals surface area contributed by atoms with Crippen molar-refractivity contribution in [3.8, 4) is 0 Å². The predicted molar refractivity (Wildman–Crippen MR) is 69.4 cm³/mol. The molecule has 4 unspecified atom stereocenters. The Balaban J connectivity index is 1.67. The molecule has 3 rings (SSSR count). The zero-order chi connectivity index (χ0) is 12.0. The van der Waals surface area contributed by atoms with Crippen LogP contribution in [0.4, 0.5) is 0 Å². The monoisotopic (exact) mass is 252 g/mol. The molecule has 2 saturated heterocycles. The van der Waals surface area contributed by atoms with E-state index in [0.29, 0.717) is 24.3 Å². The van der Waals surface area contributed by atoms with Crippen LogP contribution in [0.1, 0.15) is 47.8 Å². The summed E-state index contributed by atoms with van der Waals surface area (Å²) in [6.45, 7) is 6.43. The Hall–Kier alpha value is -0.450. The van der Waals surface area contributed by atoms with E-state index in [1.807, 2.05) is 11.3 Å². The smallest absolute Gasteiger partial charge is 0.0900 e. The SMILES string of the molecule is Cc1nc(C)c(C(C)NC2CC3CCC2O3)s1. The first-order chi connectivity index (χ1) is 8.13. The molecular formula is C13H20N2OS. The van der Waals surface area contributed by atoms with Crippen LogP contribution in [-0.4, -0.2) is 23.2 Å². The summed E-state index contributed by atoms with van der Waals surface area (Å²) in [5.41, 5.74) is 1.18. The quantitative estimate of drug-likeness (QED) is 0.898. The Kier molecular flexibility index (Phi) is 2.97. The maximum absolute atomic E-state index is 5.88. The summed E-state index contributed by atoms with van der Waals surface area (Å²) < 4.78 is 5.88. The van der Waals surface area contributed by atoms with Crippen LogP contribution in [0, 0.1) is 13.8 Å². The number of nitrogens with zero attached hydrogens (tertiary/aromatic N) is 1. The summed E-state index contributed by atoms with van der Waals surface area (Å²) in [5.74, 6) is 0. The highest BCUT2D eigenvalue weighted by Crippen LogP contribution is 2.36. The van der Waals surface area contributed by atoms with Gasteiger partial charge in [0.15, 0.2) is 0 Å². The van der Waals surface area contributed by atoms with Gasteiger partial charge in [-0.05, 0) is 40.0 Å². The van der Waals surface area contributed by atoms with Crippen LogP contribution in [0.5, 0.6) is 0 Å². The number of rotatable bonds is 3. The number of hydrogen-bond donors (Lipinski definition) is 1. The third kappa shape index (κ3) is 2.14. The number of thiazole rings is 1. The molecule has 2 fully saturated rings. The number of aromatic nitrogens is 1. The van der Waals surface area contributed by atoms with Gasteiger partial charge in [-0.2, -0.15) is 0 Å². The molecule has 2 aliphatic heterocycles. The predicted octanol–water partition coefficient (Wildman–Crippen LogP) is 2.73. The second kappa shape index (κ2) is 4.34. The van der Waals surface area contributed by atoms with E-state index >= 15 is 0 Å². The maximum atomic E-state index is 5.88. The van der Waals surface area contributed by atoms with Crippen LogP contribution in [0.2, 0.25) is 0 Å². The van der Waals surface area contributed by atoms with Gasteiger partial charge in [-0.15, -0.1) is 11.3 Å². The second-order valence-corrected chi connectivity index (χ2v) is 6.52. The topological polar surface area (TPSA) is 34.2 Å². The molecule has 0 aromatic carbocycles. The van der Waals surface area contributed by atoms with Gasteiger partial charge in [-0.3, -0.25) is 0 Å². The van der Waals surface area contributed by atoms with Crippen molar-refractivity contribution in [3.05, 3.63) is 15.6 Å². The lowest BCUT2D eigenvalue weighted by molar-refractivity contribution is 0.0963. The molecule has 0 saturated carbocycles. The molecule has 1 N–H and O–H groups in total. The fourth-order valence-corrected chi connectivity index (χ4v) is 4.10. The van der Waals surface area contributed by atoms with Crippen LogP contribution in [0.25, 0.3) is 0 Å². The van der Waals surface area contributed by atoms with Crippen LogP contribution in [-0.2, 0) is 4.74 Å². The maximum Gasteiger partial charge on any atom is 0.0900 e. The molecule has 1 aromatic heterocycles. The summed E-state index contributed by atoms with van der Waals surface area (Å²) in [5, 5.41) is 4.89. The van der Waals surface area contributed by atoms with Crippen molar-refractivity contribution in [1.29, 1.82) is 0 Å². The molecule has 0 radical (unpaired) electrons. The first-order valence-electron chi connectivity index (χ1n) is 6.49. The Morgan fingerprint density at radius 1 is 1.41 bits per heavy atom. The van der Waals surface area contributed by atoms with Gasteiger partial charge >= 0.3 is 0 Å². The molecule has 17 heavy (non-hydrogen) atoms. The van der Waals surface area contributed by atoms with Gasteiger partial charge in [0.05, 0.1) is 22.9 Å². The highest BCUT2D eigenvalue weighted by molar-refractivity contribution is 7.11. The first-order valence-corrected chi connectivity index (χ1v) is 7.30. The van der Waals surface area contributed by atoms with Crippen molar-refractivity contribution in [2.45, 2.75) is 64.3 Å². The van der Waals surface area contributed by atoms with Gasteiger partial charge < -0.3 is 10.1 Å². The van der Waals surface area contributed by atoms with Gasteiger partial charge in [0.25, 0.3) is 0 Å². The summed E-state index contributed by atoms with van der Waals surface area (Å²) in [6.07, 6.45) is 4.66. The standard InChI is InChI=1S/C13H20N2OS/c1-7-13(17-9(3)14-7)8(2)15-11-6-10-4-5-12(11)16-10/h8,10-12,15H,4-6H2,1-3H3. The van der Waals surface area contributed by atoms with E-state index in [0.717, 1.165) is 5.01 Å². The lowest BCUT2D eigenvalue weighted by Gasteiger charge is -2.24. The van der Waals surface area contributed by atoms with Crippen molar-refractivity contribution < 1.29 is 4.74 Å². The van der Waals surface area contributed by atoms with Gasteiger partial charge in [-0.1, -0.05) is 0 Å². The minimum Gasteiger partial charge on any atom is -0.373 e. The Labute approximate surface area is 107 Å². The molecule has 2 bridgehead atoms. The van der Waals surface area contributed by atoms with E-state index in [9.17, 15) is 0 Å². The molecule has 3 nitrogen and oxygen atoms in total. The van der Waals surface area contributed by atoms with E-state index in [4.69, 9.17) is 4.74 Å². The number of aryl methyl sites for hydroxylation is 2. The van der Waals surface area contributed by atoms with Gasteiger partial charge in [0.1, 0.15) is 0 Å². The Bertz CT molecular complexity index is 418. The molecule has 4 heteroatoms. The molecule has 0 spiro atoms.